The number of hydrogen-bond acceptors (Lipinski definition) is 6. The summed E-state index contributed by atoms with van der Waals surface area (Å²) in [6.07, 6.45) is 3.44. The van der Waals surface area contributed by atoms with Gasteiger partial charge in [-0.25, -0.2) is 9.78 Å². The minimum absolute atomic E-state index is 0.322. The van der Waals surface area contributed by atoms with Crippen LogP contribution < -0.4 is 4.90 Å². The van der Waals surface area contributed by atoms with E-state index in [2.05, 4.69) is 14.7 Å². The number of carbonyl (C=O) groups is 1. The fourth-order valence-corrected chi connectivity index (χ4v) is 2.06. The largest absolute Gasteiger partial charge is 0.464 e. The Kier molecular flexibility index (Phi) is 3.34. The molecule has 0 amide bonds. The van der Waals surface area contributed by atoms with E-state index >= 15 is 0 Å². The Bertz CT molecular complexity index is 512. The zero-order valence-corrected chi connectivity index (χ0v) is 10.3. The summed E-state index contributed by atoms with van der Waals surface area (Å²) in [6.45, 7) is 0. The maximum absolute atomic E-state index is 11.3. The van der Waals surface area contributed by atoms with Gasteiger partial charge in [0.05, 0.1) is 19.0 Å². The normalized spacial score (nSPS) is 10.0. The Morgan fingerprint density at radius 1 is 1.53 bits per heavy atom. The molecule has 17 heavy (non-hydrogen) atoms. The van der Waals surface area contributed by atoms with E-state index < -0.39 is 5.97 Å². The molecule has 0 fully saturated rings. The van der Waals surface area contributed by atoms with Crippen LogP contribution in [0.15, 0.2) is 29.9 Å². The average molecular weight is 249 g/mol. The maximum Gasteiger partial charge on any atom is 0.357 e. The lowest BCUT2D eigenvalue weighted by molar-refractivity contribution is 0.0595. The molecule has 2 aromatic rings. The quantitative estimate of drug-likeness (QED) is 0.780. The van der Waals surface area contributed by atoms with Crippen molar-refractivity contribution in [1.29, 1.82) is 0 Å². The summed E-state index contributed by atoms with van der Waals surface area (Å²) in [5, 5.41) is 2.40. The second-order valence-electron chi connectivity index (χ2n) is 3.28. The number of esters is 1. The minimum atomic E-state index is -0.424. The van der Waals surface area contributed by atoms with E-state index in [1.54, 1.807) is 17.8 Å². The second-order valence-corrected chi connectivity index (χ2v) is 4.11. The number of ether oxygens (including phenoxy) is 1. The summed E-state index contributed by atoms with van der Waals surface area (Å²) in [5.41, 5.74) is 1.24. The van der Waals surface area contributed by atoms with Crippen LogP contribution in [0.25, 0.3) is 0 Å². The van der Waals surface area contributed by atoms with Crippen molar-refractivity contribution in [2.75, 3.05) is 19.1 Å². The summed E-state index contributed by atoms with van der Waals surface area (Å²) in [6, 6.07) is 3.77. The summed E-state index contributed by atoms with van der Waals surface area (Å²) >= 11 is 1.38. The van der Waals surface area contributed by atoms with Gasteiger partial charge in [-0.05, 0) is 12.1 Å². The van der Waals surface area contributed by atoms with Crippen LogP contribution in [0.5, 0.6) is 0 Å². The van der Waals surface area contributed by atoms with Crippen molar-refractivity contribution in [2.45, 2.75) is 0 Å². The number of anilines is 2. The molecule has 0 aliphatic carbocycles. The van der Waals surface area contributed by atoms with E-state index in [0.717, 1.165) is 10.8 Å². The van der Waals surface area contributed by atoms with E-state index in [9.17, 15) is 4.79 Å². The molecule has 0 saturated heterocycles. The molecule has 88 valence electrons. The fourth-order valence-electron chi connectivity index (χ4n) is 1.28. The first-order valence-electron chi connectivity index (χ1n) is 4.90. The molecule has 6 heteroatoms. The third-order valence-electron chi connectivity index (χ3n) is 2.21. The highest BCUT2D eigenvalue weighted by Gasteiger charge is 2.13. The van der Waals surface area contributed by atoms with E-state index in [-0.39, 0.29) is 0 Å². The van der Waals surface area contributed by atoms with E-state index in [1.807, 2.05) is 24.1 Å². The van der Waals surface area contributed by atoms with Crippen LogP contribution in [0.2, 0.25) is 0 Å². The van der Waals surface area contributed by atoms with Gasteiger partial charge < -0.3 is 9.64 Å². The van der Waals surface area contributed by atoms with Crippen LogP contribution in [0.1, 0.15) is 10.5 Å². The first-order valence-corrected chi connectivity index (χ1v) is 5.78. The molecule has 0 spiro atoms. The third-order valence-corrected chi connectivity index (χ3v) is 3.12. The molecule has 0 saturated carbocycles. The molecule has 0 atom stereocenters. The van der Waals surface area contributed by atoms with Gasteiger partial charge in [-0.15, -0.1) is 11.3 Å². The number of carbonyl (C=O) groups excluding carboxylic acids is 1. The lowest BCUT2D eigenvalue weighted by atomic mass is 10.4. The molecule has 0 aliphatic rings. The van der Waals surface area contributed by atoms with E-state index in [1.165, 1.54) is 18.4 Å². The number of thiazole rings is 1. The zero-order chi connectivity index (χ0) is 12.3. The fraction of sp³-hybridized carbons (Fsp3) is 0.182. The Hall–Kier alpha value is -1.95. The van der Waals surface area contributed by atoms with Crippen LogP contribution >= 0.6 is 11.3 Å². The summed E-state index contributed by atoms with van der Waals surface area (Å²) in [5.74, 6) is -0.424. The lowest BCUT2D eigenvalue weighted by Gasteiger charge is -2.14. The number of hydrogen-bond donors (Lipinski definition) is 0. The van der Waals surface area contributed by atoms with E-state index in [0.29, 0.717) is 5.69 Å². The number of nitrogens with zero attached hydrogens (tertiary/aromatic N) is 3. The first kappa shape index (κ1) is 11.5. The Morgan fingerprint density at radius 3 is 3.00 bits per heavy atom. The molecular formula is C11H11N3O2S. The molecule has 2 heterocycles. The molecular weight excluding hydrogens is 238 g/mol. The van der Waals surface area contributed by atoms with Crippen LogP contribution in [0.3, 0.4) is 0 Å². The molecule has 0 unspecified atom stereocenters. The molecule has 0 radical (unpaired) electrons. The molecule has 0 bridgehead atoms. The van der Waals surface area contributed by atoms with Gasteiger partial charge in [-0.1, -0.05) is 0 Å². The molecule has 0 aliphatic heterocycles. The number of aromatic nitrogens is 2. The Morgan fingerprint density at radius 2 is 2.35 bits per heavy atom. The SMILES string of the molecule is COC(=O)c1csc(N(C)c2cccnc2)n1. The summed E-state index contributed by atoms with van der Waals surface area (Å²) in [4.78, 5) is 21.4. The highest BCUT2D eigenvalue weighted by atomic mass is 32.1. The minimum Gasteiger partial charge on any atom is -0.464 e. The maximum atomic E-state index is 11.3. The summed E-state index contributed by atoms with van der Waals surface area (Å²) < 4.78 is 4.61. The second kappa shape index (κ2) is 4.92. The molecule has 0 aromatic carbocycles. The van der Waals surface area contributed by atoms with Crippen molar-refractivity contribution in [3.05, 3.63) is 35.6 Å². The summed E-state index contributed by atoms with van der Waals surface area (Å²) in [7, 11) is 3.21. The van der Waals surface area contributed by atoms with Crippen LogP contribution in [0.4, 0.5) is 10.8 Å². The van der Waals surface area contributed by atoms with Gasteiger partial charge in [-0.2, -0.15) is 0 Å². The van der Waals surface area contributed by atoms with E-state index in [4.69, 9.17) is 0 Å². The van der Waals surface area contributed by atoms with Gasteiger partial charge in [0.2, 0.25) is 0 Å². The van der Waals surface area contributed by atoms with Gasteiger partial charge in [0.1, 0.15) is 0 Å². The predicted molar refractivity (Wildman–Crippen MR) is 65.8 cm³/mol. The Balaban J connectivity index is 2.23. The first-order chi connectivity index (χ1) is 8.22. The zero-order valence-electron chi connectivity index (χ0n) is 9.45. The number of rotatable bonds is 3. The Labute approximate surface area is 103 Å². The van der Waals surface area contributed by atoms with Gasteiger partial charge in [-0.3, -0.25) is 4.98 Å². The third kappa shape index (κ3) is 2.42. The van der Waals surface area contributed by atoms with Crippen molar-refractivity contribution in [3.63, 3.8) is 0 Å². The van der Waals surface area contributed by atoms with Crippen molar-refractivity contribution >= 4 is 28.1 Å². The van der Waals surface area contributed by atoms with Crippen molar-refractivity contribution in [3.8, 4) is 0 Å². The standard InChI is InChI=1S/C11H11N3O2S/c1-14(8-4-3-5-12-6-8)11-13-9(7-17-11)10(15)16-2/h3-7H,1-2H3. The molecule has 2 rings (SSSR count). The number of methoxy groups -OCH3 is 1. The van der Waals surface area contributed by atoms with Crippen molar-refractivity contribution in [2.24, 2.45) is 0 Å². The van der Waals surface area contributed by atoms with Crippen LogP contribution in [0, 0.1) is 0 Å². The highest BCUT2D eigenvalue weighted by molar-refractivity contribution is 7.14. The lowest BCUT2D eigenvalue weighted by Crippen LogP contribution is -2.10. The van der Waals surface area contributed by atoms with Gasteiger partial charge in [0.25, 0.3) is 0 Å². The highest BCUT2D eigenvalue weighted by Crippen LogP contribution is 2.26. The smallest absolute Gasteiger partial charge is 0.357 e. The van der Waals surface area contributed by atoms with Crippen molar-refractivity contribution in [1.82, 2.24) is 9.97 Å². The van der Waals surface area contributed by atoms with Crippen LogP contribution in [-0.4, -0.2) is 30.1 Å². The van der Waals surface area contributed by atoms with Crippen molar-refractivity contribution < 1.29 is 9.53 Å². The number of pyridine rings is 1. The molecule has 0 N–H and O–H groups in total. The van der Waals surface area contributed by atoms with Crippen LogP contribution in [-0.2, 0) is 4.74 Å². The molecule has 2 aromatic heterocycles. The topological polar surface area (TPSA) is 55.3 Å². The van der Waals surface area contributed by atoms with Gasteiger partial charge in [0.15, 0.2) is 10.8 Å². The molecule has 5 nitrogen and oxygen atoms in total. The predicted octanol–water partition coefficient (Wildman–Crippen LogP) is 2.09. The van der Waals surface area contributed by atoms with Gasteiger partial charge >= 0.3 is 5.97 Å². The average Bonchev–Trinajstić information content (AvgIpc) is 2.87. The monoisotopic (exact) mass is 249 g/mol. The van der Waals surface area contributed by atoms with Gasteiger partial charge in [0, 0.05) is 18.6 Å².